The molecule has 6 heteroatoms. The van der Waals surface area contributed by atoms with Crippen molar-refractivity contribution < 1.29 is 0 Å². The minimum absolute atomic E-state index is 0.228. The second kappa shape index (κ2) is 7.51. The molecular weight excluding hydrogens is 348 g/mol. The van der Waals surface area contributed by atoms with Gasteiger partial charge in [-0.15, -0.1) is 11.3 Å². The average Bonchev–Trinajstić information content (AvgIpc) is 3.01. The summed E-state index contributed by atoms with van der Waals surface area (Å²) in [6.45, 7) is 9.55. The molecule has 0 spiro atoms. The lowest BCUT2D eigenvalue weighted by Gasteiger charge is -2.21. The number of aryl methyl sites for hydroxylation is 1. The van der Waals surface area contributed by atoms with Crippen molar-refractivity contribution in [3.63, 3.8) is 0 Å². The fourth-order valence-corrected chi connectivity index (χ4v) is 3.56. The van der Waals surface area contributed by atoms with Crippen molar-refractivity contribution >= 4 is 27.3 Å². The van der Waals surface area contributed by atoms with E-state index in [-0.39, 0.29) is 6.04 Å². The molecule has 4 nitrogen and oxygen atoms in total. The minimum Gasteiger partial charge on any atom is -0.308 e. The summed E-state index contributed by atoms with van der Waals surface area (Å²) in [4.78, 5) is 4.61. The summed E-state index contributed by atoms with van der Waals surface area (Å²) in [5.41, 5.74) is 2.36. The topological polar surface area (TPSA) is 42.7 Å². The van der Waals surface area contributed by atoms with Crippen molar-refractivity contribution in [1.29, 1.82) is 0 Å². The summed E-state index contributed by atoms with van der Waals surface area (Å²) in [6, 6.07) is 0.570. The largest absolute Gasteiger partial charge is 0.308 e. The Balaban J connectivity index is 2.29. The van der Waals surface area contributed by atoms with E-state index in [1.807, 2.05) is 6.20 Å². The van der Waals surface area contributed by atoms with Crippen LogP contribution in [-0.2, 0) is 6.42 Å². The molecular formula is C15H23BrN4S. The van der Waals surface area contributed by atoms with Gasteiger partial charge in [-0.05, 0) is 49.7 Å². The lowest BCUT2D eigenvalue weighted by Crippen LogP contribution is -2.27. The Morgan fingerprint density at radius 2 is 2.19 bits per heavy atom. The lowest BCUT2D eigenvalue weighted by atomic mass is 10.1. The number of aromatic nitrogens is 3. The molecule has 1 atom stereocenters. The number of rotatable bonds is 7. The van der Waals surface area contributed by atoms with Crippen LogP contribution in [0.5, 0.6) is 0 Å². The molecule has 0 radical (unpaired) electrons. The molecule has 2 aromatic heterocycles. The maximum absolute atomic E-state index is 4.61. The highest BCUT2D eigenvalue weighted by molar-refractivity contribution is 9.10. The van der Waals surface area contributed by atoms with Gasteiger partial charge < -0.3 is 5.32 Å². The predicted molar refractivity (Wildman–Crippen MR) is 91.9 cm³/mol. The van der Waals surface area contributed by atoms with E-state index in [0.717, 1.165) is 34.6 Å². The molecule has 1 N–H and O–H groups in total. The quantitative estimate of drug-likeness (QED) is 0.790. The Labute approximate surface area is 139 Å². The van der Waals surface area contributed by atoms with Crippen LogP contribution in [0.3, 0.4) is 0 Å². The number of nitrogens with one attached hydrogen (secondary N) is 1. The van der Waals surface area contributed by atoms with Gasteiger partial charge in [0.15, 0.2) is 0 Å². The number of thiazole rings is 1. The number of hydrogen-bond acceptors (Lipinski definition) is 4. The van der Waals surface area contributed by atoms with Crippen molar-refractivity contribution in [2.24, 2.45) is 0 Å². The van der Waals surface area contributed by atoms with Crippen molar-refractivity contribution in [2.45, 2.75) is 52.6 Å². The van der Waals surface area contributed by atoms with Gasteiger partial charge >= 0.3 is 0 Å². The molecule has 0 bridgehead atoms. The van der Waals surface area contributed by atoms with E-state index < -0.39 is 0 Å². The summed E-state index contributed by atoms with van der Waals surface area (Å²) in [5, 5.41) is 11.4. The number of nitrogens with zero attached hydrogens (tertiary/aromatic N) is 3. The summed E-state index contributed by atoms with van der Waals surface area (Å²) in [6.07, 6.45) is 3.89. The molecule has 116 valence electrons. The molecule has 1 unspecified atom stereocenters. The summed E-state index contributed by atoms with van der Waals surface area (Å²) < 4.78 is 3.16. The molecule has 0 aliphatic rings. The molecule has 0 aliphatic heterocycles. The highest BCUT2D eigenvalue weighted by Gasteiger charge is 2.22. The van der Waals surface area contributed by atoms with Gasteiger partial charge in [0.1, 0.15) is 0 Å². The fraction of sp³-hybridized carbons (Fsp3) is 0.600. The van der Waals surface area contributed by atoms with E-state index in [9.17, 15) is 0 Å². The van der Waals surface area contributed by atoms with Crippen molar-refractivity contribution in [3.8, 4) is 0 Å². The van der Waals surface area contributed by atoms with E-state index in [1.165, 1.54) is 5.69 Å². The molecule has 0 saturated carbocycles. The van der Waals surface area contributed by atoms with E-state index >= 15 is 0 Å². The molecule has 0 amide bonds. The van der Waals surface area contributed by atoms with Crippen molar-refractivity contribution in [2.75, 3.05) is 6.54 Å². The third-order valence-corrected chi connectivity index (χ3v) is 4.76. The molecule has 2 rings (SSSR count). The standard InChI is InChI=1S/C15H23BrN4S/c1-5-6-17-14(7-12-9-21-11(4)19-12)15-13(16)8-18-20(15)10(2)3/h8-10,14,17H,5-7H2,1-4H3. The zero-order chi connectivity index (χ0) is 15.4. The van der Waals surface area contributed by atoms with Crippen LogP contribution >= 0.6 is 27.3 Å². The van der Waals surface area contributed by atoms with Gasteiger partial charge in [-0.1, -0.05) is 6.92 Å². The van der Waals surface area contributed by atoms with E-state index in [4.69, 9.17) is 0 Å². The average molecular weight is 371 g/mol. The maximum atomic E-state index is 4.61. The lowest BCUT2D eigenvalue weighted by molar-refractivity contribution is 0.439. The van der Waals surface area contributed by atoms with Gasteiger partial charge in [0.25, 0.3) is 0 Å². The van der Waals surface area contributed by atoms with E-state index in [0.29, 0.717) is 6.04 Å². The first-order valence-electron chi connectivity index (χ1n) is 7.40. The van der Waals surface area contributed by atoms with Gasteiger partial charge in [0, 0.05) is 17.8 Å². The van der Waals surface area contributed by atoms with E-state index in [1.54, 1.807) is 11.3 Å². The first-order valence-corrected chi connectivity index (χ1v) is 9.07. The molecule has 21 heavy (non-hydrogen) atoms. The highest BCUT2D eigenvalue weighted by Crippen LogP contribution is 2.28. The van der Waals surface area contributed by atoms with Crippen LogP contribution in [0.15, 0.2) is 16.0 Å². The Morgan fingerprint density at radius 3 is 2.76 bits per heavy atom. The molecule has 0 aliphatic carbocycles. The van der Waals surface area contributed by atoms with Crippen LogP contribution < -0.4 is 5.32 Å². The van der Waals surface area contributed by atoms with Gasteiger partial charge in [0.05, 0.1) is 33.1 Å². The van der Waals surface area contributed by atoms with Crippen LogP contribution in [0.1, 0.15) is 55.7 Å². The monoisotopic (exact) mass is 370 g/mol. The predicted octanol–water partition coefficient (Wildman–Crippen LogP) is 4.27. The van der Waals surface area contributed by atoms with Gasteiger partial charge in [-0.25, -0.2) is 4.98 Å². The van der Waals surface area contributed by atoms with Crippen LogP contribution in [0, 0.1) is 6.92 Å². The summed E-state index contributed by atoms with van der Waals surface area (Å²) >= 11 is 5.36. The van der Waals surface area contributed by atoms with Crippen LogP contribution in [-0.4, -0.2) is 21.3 Å². The second-order valence-electron chi connectivity index (χ2n) is 5.48. The van der Waals surface area contributed by atoms with Gasteiger partial charge in [0.2, 0.25) is 0 Å². The number of halogens is 1. The summed E-state index contributed by atoms with van der Waals surface area (Å²) in [5.74, 6) is 0. The Morgan fingerprint density at radius 1 is 1.43 bits per heavy atom. The molecule has 2 aromatic rings. The number of hydrogen-bond donors (Lipinski definition) is 1. The highest BCUT2D eigenvalue weighted by atomic mass is 79.9. The third-order valence-electron chi connectivity index (χ3n) is 3.33. The summed E-state index contributed by atoms with van der Waals surface area (Å²) in [7, 11) is 0. The molecule has 2 heterocycles. The van der Waals surface area contributed by atoms with Gasteiger partial charge in [-0.2, -0.15) is 5.10 Å². The third kappa shape index (κ3) is 4.14. The second-order valence-corrected chi connectivity index (χ2v) is 7.40. The zero-order valence-electron chi connectivity index (χ0n) is 13.1. The Kier molecular flexibility index (Phi) is 5.96. The normalized spacial score (nSPS) is 13.0. The van der Waals surface area contributed by atoms with E-state index in [2.05, 4.69) is 69.1 Å². The first kappa shape index (κ1) is 16.6. The molecule has 0 aromatic carbocycles. The van der Waals surface area contributed by atoms with Crippen molar-refractivity contribution in [3.05, 3.63) is 32.4 Å². The van der Waals surface area contributed by atoms with Crippen LogP contribution in [0.25, 0.3) is 0 Å². The Hall–Kier alpha value is -0.720. The van der Waals surface area contributed by atoms with Crippen LogP contribution in [0.2, 0.25) is 0 Å². The first-order chi connectivity index (χ1) is 10.0. The minimum atomic E-state index is 0.228. The fourth-order valence-electron chi connectivity index (χ4n) is 2.38. The van der Waals surface area contributed by atoms with Crippen molar-refractivity contribution in [1.82, 2.24) is 20.1 Å². The van der Waals surface area contributed by atoms with Crippen LogP contribution in [0.4, 0.5) is 0 Å². The maximum Gasteiger partial charge on any atom is 0.0897 e. The smallest absolute Gasteiger partial charge is 0.0897 e. The van der Waals surface area contributed by atoms with Gasteiger partial charge in [-0.3, -0.25) is 4.68 Å². The molecule has 0 fully saturated rings. The Bertz CT molecular complexity index is 576. The zero-order valence-corrected chi connectivity index (χ0v) is 15.5. The molecule has 0 saturated heterocycles. The SMILES string of the molecule is CCCNC(Cc1csc(C)n1)c1c(Br)cnn1C(C)C.